The van der Waals surface area contributed by atoms with Crippen LogP contribution in [-0.4, -0.2) is 22.6 Å². The molecule has 2 aliphatic heterocycles. The third-order valence-electron chi connectivity index (χ3n) is 6.06. The molecule has 138 valence electrons. The predicted molar refractivity (Wildman–Crippen MR) is 110 cm³/mol. The summed E-state index contributed by atoms with van der Waals surface area (Å²) >= 11 is 6.33. The maximum Gasteiger partial charge on any atom is 0.123 e. The summed E-state index contributed by atoms with van der Waals surface area (Å²) in [6.07, 6.45) is 5.75. The van der Waals surface area contributed by atoms with Gasteiger partial charge in [0.25, 0.3) is 0 Å². The first kappa shape index (κ1) is 17.0. The van der Waals surface area contributed by atoms with Gasteiger partial charge in [-0.05, 0) is 79.8 Å². The Kier molecular flexibility index (Phi) is 4.10. The molecule has 2 nitrogen and oxygen atoms in total. The Balaban J connectivity index is 1.72. The van der Waals surface area contributed by atoms with E-state index in [-0.39, 0.29) is 5.82 Å². The van der Waals surface area contributed by atoms with Crippen molar-refractivity contribution < 1.29 is 4.39 Å². The van der Waals surface area contributed by atoms with Crippen LogP contribution in [0.5, 0.6) is 0 Å². The van der Waals surface area contributed by atoms with Crippen LogP contribution in [0.25, 0.3) is 22.7 Å². The van der Waals surface area contributed by atoms with E-state index in [1.165, 1.54) is 53.7 Å². The van der Waals surface area contributed by atoms with E-state index in [1.54, 1.807) is 0 Å². The minimum absolute atomic E-state index is 0.202. The van der Waals surface area contributed by atoms with Crippen LogP contribution in [0.3, 0.4) is 0 Å². The van der Waals surface area contributed by atoms with E-state index in [4.69, 9.17) is 11.6 Å². The highest BCUT2D eigenvalue weighted by atomic mass is 35.5. The molecule has 1 unspecified atom stereocenters. The smallest absolute Gasteiger partial charge is 0.123 e. The Morgan fingerprint density at radius 2 is 1.96 bits per heavy atom. The molecule has 1 fully saturated rings. The van der Waals surface area contributed by atoms with Gasteiger partial charge >= 0.3 is 0 Å². The molecule has 1 aromatic heterocycles. The third kappa shape index (κ3) is 2.81. The van der Waals surface area contributed by atoms with E-state index in [2.05, 4.69) is 34.7 Å². The van der Waals surface area contributed by atoms with Crippen LogP contribution in [0.15, 0.2) is 42.5 Å². The molecule has 5 rings (SSSR count). The van der Waals surface area contributed by atoms with E-state index in [0.717, 1.165) is 29.1 Å². The second-order valence-corrected chi connectivity index (χ2v) is 8.09. The lowest BCUT2D eigenvalue weighted by molar-refractivity contribution is 0.239. The van der Waals surface area contributed by atoms with Crippen LogP contribution in [0.4, 0.5) is 4.39 Å². The summed E-state index contributed by atoms with van der Waals surface area (Å²) in [5, 5.41) is 2.06. The predicted octanol–water partition coefficient (Wildman–Crippen LogP) is 6.14. The first-order chi connectivity index (χ1) is 13.1. The molecule has 2 aromatic carbocycles. The summed E-state index contributed by atoms with van der Waals surface area (Å²) in [5.74, 6) is -0.202. The standard InChI is InChI=1S/C23H22ClFN2/c1-15(16-4-7-18(25)8-5-16)14-27-21-9-6-17(24)13-20(21)19-10-12-26-11-2-3-22(26)23(19)27/h4-9,13-14,22H,2-3,10-12H2,1H3. The molecular formula is C23H22ClFN2. The van der Waals surface area contributed by atoms with Crippen LogP contribution >= 0.6 is 11.6 Å². The van der Waals surface area contributed by atoms with Gasteiger partial charge in [0.1, 0.15) is 5.82 Å². The van der Waals surface area contributed by atoms with Gasteiger partial charge in [-0.15, -0.1) is 0 Å². The molecule has 1 atom stereocenters. The molecule has 3 aromatic rings. The van der Waals surface area contributed by atoms with Gasteiger partial charge in [-0.1, -0.05) is 23.7 Å². The number of aromatic nitrogens is 1. The summed E-state index contributed by atoms with van der Waals surface area (Å²) in [6.45, 7) is 4.41. The van der Waals surface area contributed by atoms with E-state index in [0.29, 0.717) is 6.04 Å². The summed E-state index contributed by atoms with van der Waals surface area (Å²) in [4.78, 5) is 2.61. The number of hydrogen-bond donors (Lipinski definition) is 0. The molecule has 0 aliphatic carbocycles. The maximum absolute atomic E-state index is 13.3. The molecular weight excluding hydrogens is 359 g/mol. The third-order valence-corrected chi connectivity index (χ3v) is 6.30. The van der Waals surface area contributed by atoms with Gasteiger partial charge in [-0.3, -0.25) is 4.90 Å². The number of rotatable bonds is 2. The Labute approximate surface area is 163 Å². The second-order valence-electron chi connectivity index (χ2n) is 7.66. The van der Waals surface area contributed by atoms with Gasteiger partial charge < -0.3 is 4.57 Å². The second kappa shape index (κ2) is 6.50. The highest BCUT2D eigenvalue weighted by Gasteiger charge is 2.35. The van der Waals surface area contributed by atoms with Gasteiger partial charge in [-0.25, -0.2) is 4.39 Å². The molecule has 1 saturated heterocycles. The highest BCUT2D eigenvalue weighted by molar-refractivity contribution is 6.31. The number of halogens is 2. The van der Waals surface area contributed by atoms with Crippen molar-refractivity contribution in [1.82, 2.24) is 9.47 Å². The first-order valence-corrected chi connectivity index (χ1v) is 10.0. The molecule has 27 heavy (non-hydrogen) atoms. The molecule has 3 heterocycles. The Morgan fingerprint density at radius 3 is 2.78 bits per heavy atom. The van der Waals surface area contributed by atoms with Crippen LogP contribution < -0.4 is 0 Å². The lowest BCUT2D eigenvalue weighted by Gasteiger charge is -2.31. The van der Waals surface area contributed by atoms with Crippen molar-refractivity contribution in [1.29, 1.82) is 0 Å². The lowest BCUT2D eigenvalue weighted by atomic mass is 9.97. The number of hydrogen-bond acceptors (Lipinski definition) is 1. The van der Waals surface area contributed by atoms with Crippen LogP contribution in [0.2, 0.25) is 5.02 Å². The zero-order chi connectivity index (χ0) is 18.5. The molecule has 0 N–H and O–H groups in total. The lowest BCUT2D eigenvalue weighted by Crippen LogP contribution is -2.31. The van der Waals surface area contributed by atoms with Crippen molar-refractivity contribution in [3.63, 3.8) is 0 Å². The molecule has 4 heteroatoms. The summed E-state index contributed by atoms with van der Waals surface area (Å²) < 4.78 is 15.7. The van der Waals surface area contributed by atoms with Gasteiger partial charge in [0.2, 0.25) is 0 Å². The van der Waals surface area contributed by atoms with Gasteiger partial charge in [0, 0.05) is 28.8 Å². The number of nitrogens with zero attached hydrogens (tertiary/aromatic N) is 2. The van der Waals surface area contributed by atoms with Crippen molar-refractivity contribution in [2.75, 3.05) is 13.1 Å². The normalized spacial score (nSPS) is 20.1. The molecule has 0 amide bonds. The molecule has 0 bridgehead atoms. The number of fused-ring (bicyclic) bond motifs is 5. The van der Waals surface area contributed by atoms with Gasteiger partial charge in [-0.2, -0.15) is 0 Å². The topological polar surface area (TPSA) is 8.17 Å². The molecule has 2 aliphatic rings. The summed E-state index contributed by atoms with van der Waals surface area (Å²) in [5.41, 5.74) is 6.23. The molecule has 0 saturated carbocycles. The van der Waals surface area contributed by atoms with Gasteiger partial charge in [0.05, 0.1) is 11.6 Å². The first-order valence-electron chi connectivity index (χ1n) is 9.62. The summed E-state index contributed by atoms with van der Waals surface area (Å²) in [6, 6.07) is 13.4. The fraction of sp³-hybridized carbons (Fsp3) is 0.304. The monoisotopic (exact) mass is 380 g/mol. The average Bonchev–Trinajstić information content (AvgIpc) is 3.25. The van der Waals surface area contributed by atoms with Crippen molar-refractivity contribution in [3.8, 4) is 0 Å². The van der Waals surface area contributed by atoms with Crippen LogP contribution in [-0.2, 0) is 6.42 Å². The summed E-state index contributed by atoms with van der Waals surface area (Å²) in [7, 11) is 0. The largest absolute Gasteiger partial charge is 0.318 e. The van der Waals surface area contributed by atoms with Crippen LogP contribution in [0.1, 0.15) is 42.6 Å². The number of allylic oxidation sites excluding steroid dienone is 1. The van der Waals surface area contributed by atoms with Crippen molar-refractivity contribution >= 4 is 34.3 Å². The Bertz CT molecular complexity index is 1050. The van der Waals surface area contributed by atoms with Crippen molar-refractivity contribution in [2.45, 2.75) is 32.2 Å². The quantitative estimate of drug-likeness (QED) is 0.518. The van der Waals surface area contributed by atoms with E-state index < -0.39 is 0 Å². The Hall–Kier alpha value is -2.10. The van der Waals surface area contributed by atoms with Crippen LogP contribution in [0, 0.1) is 5.82 Å². The fourth-order valence-corrected chi connectivity index (χ4v) is 4.95. The van der Waals surface area contributed by atoms with E-state index in [9.17, 15) is 4.39 Å². The molecule has 0 radical (unpaired) electrons. The SMILES string of the molecule is CC(=Cn1c2c(c3cc(Cl)ccc31)CCN1CCCC21)c1ccc(F)cc1. The number of benzene rings is 2. The van der Waals surface area contributed by atoms with Gasteiger partial charge in [0.15, 0.2) is 0 Å². The van der Waals surface area contributed by atoms with Crippen molar-refractivity contribution in [2.24, 2.45) is 0 Å². The highest BCUT2D eigenvalue weighted by Crippen LogP contribution is 2.43. The minimum Gasteiger partial charge on any atom is -0.318 e. The van der Waals surface area contributed by atoms with Crippen molar-refractivity contribution in [3.05, 3.63) is 70.1 Å². The van der Waals surface area contributed by atoms with E-state index in [1.807, 2.05) is 18.2 Å². The average molecular weight is 381 g/mol. The minimum atomic E-state index is -0.202. The van der Waals surface area contributed by atoms with E-state index >= 15 is 0 Å². The molecule has 0 spiro atoms. The zero-order valence-electron chi connectivity index (χ0n) is 15.4. The Morgan fingerprint density at radius 1 is 1.15 bits per heavy atom. The fourth-order valence-electron chi connectivity index (χ4n) is 4.78. The maximum atomic E-state index is 13.3. The zero-order valence-corrected chi connectivity index (χ0v) is 16.1.